The monoisotopic (exact) mass is 175 g/mol. The molecule has 0 saturated heterocycles. The zero-order valence-electron chi connectivity index (χ0n) is 8.59. The molecule has 2 aromatic rings. The van der Waals surface area contributed by atoms with Crippen LogP contribution in [-0.4, -0.2) is 4.98 Å². The molecule has 0 atom stereocenters. The van der Waals surface area contributed by atoms with Gasteiger partial charge in [-0.05, 0) is 30.5 Å². The van der Waals surface area contributed by atoms with Crippen molar-refractivity contribution in [2.45, 2.75) is 27.2 Å². The number of hydrogen-bond donors (Lipinski definition) is 1. The van der Waals surface area contributed by atoms with Gasteiger partial charge in [0.15, 0.2) is 0 Å². The Hall–Kier alpha value is -1.24. The fraction of sp³-hybridized carbons (Fsp3) is 0.333. The minimum atomic E-state index is 1.21. The zero-order valence-corrected chi connectivity index (χ0v) is 8.59. The highest BCUT2D eigenvalue weighted by Crippen LogP contribution is 2.12. The van der Waals surface area contributed by atoms with Crippen LogP contribution in [0, 0.1) is 6.92 Å². The van der Waals surface area contributed by atoms with E-state index in [2.05, 4.69) is 50.0 Å². The molecule has 0 aliphatic heterocycles. The van der Waals surface area contributed by atoms with Crippen LogP contribution in [0.1, 0.15) is 25.8 Å². The average molecular weight is 175 g/mol. The van der Waals surface area contributed by atoms with Crippen LogP contribution in [0.4, 0.5) is 0 Å². The first-order valence-electron chi connectivity index (χ1n) is 4.81. The second-order valence-electron chi connectivity index (χ2n) is 3.28. The van der Waals surface area contributed by atoms with Crippen LogP contribution in [-0.2, 0) is 0 Å². The topological polar surface area (TPSA) is 15.8 Å². The number of aromatic amines is 1. The number of nitrogens with one attached hydrogen (secondary N) is 1. The molecule has 0 bridgehead atoms. The van der Waals surface area contributed by atoms with E-state index in [0.717, 1.165) is 0 Å². The predicted molar refractivity (Wildman–Crippen MR) is 59.0 cm³/mol. The summed E-state index contributed by atoms with van der Waals surface area (Å²) in [5.74, 6) is 0. The Labute approximate surface area is 79.8 Å². The lowest BCUT2D eigenvalue weighted by molar-refractivity contribution is 1.09. The summed E-state index contributed by atoms with van der Waals surface area (Å²) in [6.45, 7) is 6.35. The number of benzene rings is 1. The summed E-state index contributed by atoms with van der Waals surface area (Å²) < 4.78 is 0. The normalized spacial score (nSPS) is 9.46. The van der Waals surface area contributed by atoms with E-state index in [1.807, 2.05) is 6.20 Å². The summed E-state index contributed by atoms with van der Waals surface area (Å²) in [4.78, 5) is 3.15. The van der Waals surface area contributed by atoms with Crippen molar-refractivity contribution >= 4 is 10.9 Å². The first kappa shape index (κ1) is 9.85. The second kappa shape index (κ2) is 4.70. The van der Waals surface area contributed by atoms with Gasteiger partial charge in [0.2, 0.25) is 0 Å². The minimum Gasteiger partial charge on any atom is -0.361 e. The van der Waals surface area contributed by atoms with Gasteiger partial charge in [0.1, 0.15) is 0 Å². The average Bonchev–Trinajstić information content (AvgIpc) is 2.52. The highest BCUT2D eigenvalue weighted by molar-refractivity contribution is 5.79. The minimum absolute atomic E-state index is 1.21. The van der Waals surface area contributed by atoms with E-state index in [4.69, 9.17) is 0 Å². The van der Waals surface area contributed by atoms with Crippen molar-refractivity contribution in [2.75, 3.05) is 0 Å². The van der Waals surface area contributed by atoms with Gasteiger partial charge in [0.25, 0.3) is 0 Å². The molecule has 0 saturated carbocycles. The lowest BCUT2D eigenvalue weighted by Gasteiger charge is -1.90. The maximum Gasteiger partial charge on any atom is 0.0454 e. The molecule has 2 rings (SSSR count). The van der Waals surface area contributed by atoms with Gasteiger partial charge in [-0.2, -0.15) is 0 Å². The van der Waals surface area contributed by atoms with E-state index in [1.165, 1.54) is 22.9 Å². The lowest BCUT2D eigenvalue weighted by Crippen LogP contribution is -1.69. The number of aromatic nitrogens is 1. The Bertz CT molecular complexity index is 360. The molecule has 0 radical (unpaired) electrons. The van der Waals surface area contributed by atoms with Crippen molar-refractivity contribution in [3.8, 4) is 0 Å². The second-order valence-corrected chi connectivity index (χ2v) is 3.28. The lowest BCUT2D eigenvalue weighted by atomic mass is 10.2. The van der Waals surface area contributed by atoms with Crippen LogP contribution in [0.25, 0.3) is 10.9 Å². The van der Waals surface area contributed by atoms with Gasteiger partial charge in [0.05, 0.1) is 0 Å². The van der Waals surface area contributed by atoms with E-state index in [-0.39, 0.29) is 0 Å². The molecule has 1 nitrogen and oxygen atoms in total. The molecule has 1 heterocycles. The molecule has 0 unspecified atom stereocenters. The van der Waals surface area contributed by atoms with Gasteiger partial charge < -0.3 is 4.98 Å². The van der Waals surface area contributed by atoms with Crippen LogP contribution in [0.3, 0.4) is 0 Å². The van der Waals surface area contributed by atoms with Gasteiger partial charge in [-0.25, -0.2) is 0 Å². The van der Waals surface area contributed by atoms with Gasteiger partial charge in [-0.1, -0.05) is 31.9 Å². The van der Waals surface area contributed by atoms with Crippen molar-refractivity contribution in [2.24, 2.45) is 0 Å². The van der Waals surface area contributed by atoms with Crippen LogP contribution >= 0.6 is 0 Å². The summed E-state index contributed by atoms with van der Waals surface area (Å²) in [6.07, 6.45) is 3.21. The smallest absolute Gasteiger partial charge is 0.0454 e. The molecule has 70 valence electrons. The molecular formula is C12H17N. The van der Waals surface area contributed by atoms with Crippen molar-refractivity contribution in [1.82, 2.24) is 4.98 Å². The molecule has 0 aliphatic rings. The number of H-pyrrole nitrogens is 1. The number of aryl methyl sites for hydroxylation is 1. The molecule has 0 amide bonds. The molecule has 0 fully saturated rings. The predicted octanol–water partition coefficient (Wildman–Crippen LogP) is 3.89. The van der Waals surface area contributed by atoms with E-state index >= 15 is 0 Å². The van der Waals surface area contributed by atoms with E-state index in [0.29, 0.717) is 0 Å². The van der Waals surface area contributed by atoms with Crippen molar-refractivity contribution in [3.05, 3.63) is 36.0 Å². The standard InChI is InChI=1S/C9H9N.C3H8/c1-7-2-3-9-8(6-7)4-5-10-9;1-3-2/h2-6,10H,1H3;3H2,1-2H3. The summed E-state index contributed by atoms with van der Waals surface area (Å²) in [5.41, 5.74) is 2.53. The largest absolute Gasteiger partial charge is 0.361 e. The summed E-state index contributed by atoms with van der Waals surface area (Å²) in [6, 6.07) is 8.47. The molecule has 0 aliphatic carbocycles. The maximum atomic E-state index is 3.15. The Morgan fingerprint density at radius 3 is 2.54 bits per heavy atom. The third-order valence-corrected chi connectivity index (χ3v) is 1.71. The number of fused-ring (bicyclic) bond motifs is 1. The molecule has 1 aromatic carbocycles. The van der Waals surface area contributed by atoms with Gasteiger partial charge >= 0.3 is 0 Å². The molecule has 1 heteroatoms. The Morgan fingerprint density at radius 1 is 1.15 bits per heavy atom. The number of hydrogen-bond acceptors (Lipinski definition) is 0. The summed E-state index contributed by atoms with van der Waals surface area (Å²) in [5, 5.41) is 1.29. The van der Waals surface area contributed by atoms with Crippen molar-refractivity contribution in [1.29, 1.82) is 0 Å². The summed E-state index contributed by atoms with van der Waals surface area (Å²) >= 11 is 0. The van der Waals surface area contributed by atoms with E-state index in [9.17, 15) is 0 Å². The zero-order chi connectivity index (χ0) is 9.68. The quantitative estimate of drug-likeness (QED) is 0.625. The van der Waals surface area contributed by atoms with Gasteiger partial charge in [-0.15, -0.1) is 0 Å². The Morgan fingerprint density at radius 2 is 1.85 bits per heavy atom. The van der Waals surface area contributed by atoms with Crippen LogP contribution in [0.15, 0.2) is 30.5 Å². The van der Waals surface area contributed by atoms with E-state index in [1.54, 1.807) is 0 Å². The Kier molecular flexibility index (Phi) is 3.56. The van der Waals surface area contributed by atoms with Crippen molar-refractivity contribution in [3.63, 3.8) is 0 Å². The van der Waals surface area contributed by atoms with Gasteiger partial charge in [0, 0.05) is 11.7 Å². The Balaban J connectivity index is 0.000000251. The fourth-order valence-electron chi connectivity index (χ4n) is 1.17. The highest BCUT2D eigenvalue weighted by Gasteiger charge is 1.90. The molecular weight excluding hydrogens is 158 g/mol. The third kappa shape index (κ3) is 2.62. The fourth-order valence-corrected chi connectivity index (χ4v) is 1.17. The highest BCUT2D eigenvalue weighted by atomic mass is 14.7. The SMILES string of the molecule is CCC.Cc1ccc2[nH]ccc2c1. The molecule has 0 spiro atoms. The molecule has 1 aromatic heterocycles. The van der Waals surface area contributed by atoms with Crippen LogP contribution < -0.4 is 0 Å². The van der Waals surface area contributed by atoms with Crippen LogP contribution in [0.5, 0.6) is 0 Å². The first-order valence-corrected chi connectivity index (χ1v) is 4.81. The third-order valence-electron chi connectivity index (χ3n) is 1.71. The number of rotatable bonds is 0. The first-order chi connectivity index (χ1) is 6.27. The van der Waals surface area contributed by atoms with Crippen LogP contribution in [0.2, 0.25) is 0 Å². The van der Waals surface area contributed by atoms with Crippen molar-refractivity contribution < 1.29 is 0 Å². The molecule has 13 heavy (non-hydrogen) atoms. The maximum absolute atomic E-state index is 3.15. The molecule has 1 N–H and O–H groups in total. The van der Waals surface area contributed by atoms with Gasteiger partial charge in [-0.3, -0.25) is 0 Å². The van der Waals surface area contributed by atoms with E-state index < -0.39 is 0 Å². The summed E-state index contributed by atoms with van der Waals surface area (Å²) in [7, 11) is 0.